The van der Waals surface area contributed by atoms with E-state index in [1.165, 1.54) is 25.7 Å². The predicted molar refractivity (Wildman–Crippen MR) is 80.4 cm³/mol. The van der Waals surface area contributed by atoms with Crippen molar-refractivity contribution < 1.29 is 19.7 Å². The van der Waals surface area contributed by atoms with Gasteiger partial charge in [-0.05, 0) is 32.1 Å². The molecule has 0 aliphatic rings. The second-order valence-electron chi connectivity index (χ2n) is 5.09. The number of hydrogen-bond donors (Lipinski definition) is 2. The molecule has 0 aromatic carbocycles. The van der Waals surface area contributed by atoms with Gasteiger partial charge in [0.15, 0.2) is 0 Å². The first-order valence-corrected chi connectivity index (χ1v) is 7.80. The standard InChI is InChI=1S/C16H30O4/c1-2-3-4-5-6-7-8-9-10-11-12-16(19)20-14-15(18)13-17/h6-7,15,17-18H,2-5,8-14H2,1H3/b7-6-/t15-/m0/s1. The number of allylic oxidation sites excluding steroid dienone is 2. The lowest BCUT2D eigenvalue weighted by Gasteiger charge is -2.08. The van der Waals surface area contributed by atoms with Gasteiger partial charge in [-0.25, -0.2) is 0 Å². The van der Waals surface area contributed by atoms with Gasteiger partial charge in [-0.2, -0.15) is 0 Å². The Morgan fingerprint density at radius 2 is 1.75 bits per heavy atom. The molecule has 118 valence electrons. The van der Waals surface area contributed by atoms with E-state index in [9.17, 15) is 4.79 Å². The predicted octanol–water partition coefficient (Wildman–Crippen LogP) is 2.97. The fourth-order valence-corrected chi connectivity index (χ4v) is 1.77. The van der Waals surface area contributed by atoms with E-state index < -0.39 is 6.10 Å². The molecule has 0 saturated heterocycles. The zero-order valence-electron chi connectivity index (χ0n) is 12.7. The van der Waals surface area contributed by atoms with Crippen LogP contribution in [0.2, 0.25) is 0 Å². The molecule has 1 atom stereocenters. The lowest BCUT2D eigenvalue weighted by atomic mass is 10.1. The van der Waals surface area contributed by atoms with Gasteiger partial charge in [0.2, 0.25) is 0 Å². The number of rotatable bonds is 13. The van der Waals surface area contributed by atoms with Crippen molar-refractivity contribution in [2.45, 2.75) is 70.8 Å². The molecule has 0 fully saturated rings. The maximum absolute atomic E-state index is 11.3. The number of carbonyl (C=O) groups excluding carboxylic acids is 1. The molecule has 0 aromatic rings. The Bertz CT molecular complexity index is 251. The number of ether oxygens (including phenoxy) is 1. The molecule has 20 heavy (non-hydrogen) atoms. The van der Waals surface area contributed by atoms with Crippen molar-refractivity contribution in [2.75, 3.05) is 13.2 Å². The molecule has 4 heteroatoms. The summed E-state index contributed by atoms with van der Waals surface area (Å²) in [6.07, 6.45) is 12.9. The van der Waals surface area contributed by atoms with Crippen LogP contribution in [0.1, 0.15) is 64.7 Å². The van der Waals surface area contributed by atoms with Crippen LogP contribution in [0.5, 0.6) is 0 Å². The van der Waals surface area contributed by atoms with Crippen LogP contribution >= 0.6 is 0 Å². The van der Waals surface area contributed by atoms with Crippen LogP contribution in [0.4, 0.5) is 0 Å². The summed E-state index contributed by atoms with van der Waals surface area (Å²) in [5.74, 6) is -0.299. The smallest absolute Gasteiger partial charge is 0.305 e. The number of aliphatic hydroxyl groups excluding tert-OH is 2. The number of hydrogen-bond acceptors (Lipinski definition) is 4. The van der Waals surface area contributed by atoms with Crippen molar-refractivity contribution in [3.05, 3.63) is 12.2 Å². The zero-order chi connectivity index (χ0) is 15.1. The van der Waals surface area contributed by atoms with Gasteiger partial charge in [-0.1, -0.05) is 38.3 Å². The highest BCUT2D eigenvalue weighted by atomic mass is 16.5. The summed E-state index contributed by atoms with van der Waals surface area (Å²) < 4.78 is 4.81. The van der Waals surface area contributed by atoms with Crippen LogP contribution in [-0.2, 0) is 9.53 Å². The molecule has 4 nitrogen and oxygen atoms in total. The Labute approximate surface area is 122 Å². The van der Waals surface area contributed by atoms with Crippen LogP contribution < -0.4 is 0 Å². The first kappa shape index (κ1) is 19.1. The Balaban J connectivity index is 3.28. The molecule has 0 aliphatic carbocycles. The molecule has 2 N–H and O–H groups in total. The minimum Gasteiger partial charge on any atom is -0.463 e. The van der Waals surface area contributed by atoms with E-state index in [-0.39, 0.29) is 19.2 Å². The summed E-state index contributed by atoms with van der Waals surface area (Å²) in [7, 11) is 0. The van der Waals surface area contributed by atoms with Crippen molar-refractivity contribution >= 4 is 5.97 Å². The summed E-state index contributed by atoms with van der Waals surface area (Å²) in [6, 6.07) is 0. The number of aliphatic hydroxyl groups is 2. The third-order valence-corrected chi connectivity index (χ3v) is 3.04. The Morgan fingerprint density at radius 1 is 1.10 bits per heavy atom. The maximum atomic E-state index is 11.3. The van der Waals surface area contributed by atoms with Crippen LogP contribution in [0, 0.1) is 0 Å². The lowest BCUT2D eigenvalue weighted by molar-refractivity contribution is -0.147. The SMILES string of the molecule is CCCCC/C=C\CCCCCC(=O)OC[C@@H](O)CO. The largest absolute Gasteiger partial charge is 0.463 e. The highest BCUT2D eigenvalue weighted by Gasteiger charge is 2.06. The Morgan fingerprint density at radius 3 is 2.35 bits per heavy atom. The summed E-state index contributed by atoms with van der Waals surface area (Å²) in [5, 5.41) is 17.6. The second-order valence-corrected chi connectivity index (χ2v) is 5.09. The van der Waals surface area contributed by atoms with E-state index in [0.29, 0.717) is 6.42 Å². The van der Waals surface area contributed by atoms with Gasteiger partial charge in [-0.15, -0.1) is 0 Å². The third kappa shape index (κ3) is 13.6. The highest BCUT2D eigenvalue weighted by Crippen LogP contribution is 2.06. The highest BCUT2D eigenvalue weighted by molar-refractivity contribution is 5.69. The topological polar surface area (TPSA) is 66.8 Å². The van der Waals surface area contributed by atoms with E-state index in [4.69, 9.17) is 14.9 Å². The molecule has 0 aromatic heterocycles. The number of unbranched alkanes of at least 4 members (excludes halogenated alkanes) is 6. The normalized spacial score (nSPS) is 12.8. The fourth-order valence-electron chi connectivity index (χ4n) is 1.77. The van der Waals surface area contributed by atoms with Crippen molar-refractivity contribution in [2.24, 2.45) is 0 Å². The van der Waals surface area contributed by atoms with Crippen LogP contribution in [0.15, 0.2) is 12.2 Å². The first-order chi connectivity index (χ1) is 9.70. The first-order valence-electron chi connectivity index (χ1n) is 7.80. The molecule has 0 radical (unpaired) electrons. The fraction of sp³-hybridized carbons (Fsp3) is 0.812. The van der Waals surface area contributed by atoms with E-state index in [1.54, 1.807) is 0 Å². The number of esters is 1. The Hall–Kier alpha value is -0.870. The molecular weight excluding hydrogens is 256 g/mol. The van der Waals surface area contributed by atoms with Crippen LogP contribution in [-0.4, -0.2) is 35.5 Å². The Kier molecular flexibility index (Phi) is 13.9. The maximum Gasteiger partial charge on any atom is 0.305 e. The van der Waals surface area contributed by atoms with Gasteiger partial charge in [0.1, 0.15) is 12.7 Å². The summed E-state index contributed by atoms with van der Waals surface area (Å²) in [5.41, 5.74) is 0. The average Bonchev–Trinajstić information content (AvgIpc) is 2.46. The van der Waals surface area contributed by atoms with Crippen LogP contribution in [0.25, 0.3) is 0 Å². The van der Waals surface area contributed by atoms with Gasteiger partial charge in [0.25, 0.3) is 0 Å². The van der Waals surface area contributed by atoms with Crippen molar-refractivity contribution in [1.29, 1.82) is 0 Å². The van der Waals surface area contributed by atoms with E-state index in [2.05, 4.69) is 19.1 Å². The molecule has 0 saturated carbocycles. The molecule has 0 bridgehead atoms. The average molecular weight is 286 g/mol. The van der Waals surface area contributed by atoms with E-state index in [1.807, 2.05) is 0 Å². The number of carbonyl (C=O) groups is 1. The van der Waals surface area contributed by atoms with E-state index >= 15 is 0 Å². The van der Waals surface area contributed by atoms with Crippen molar-refractivity contribution in [1.82, 2.24) is 0 Å². The second kappa shape index (κ2) is 14.5. The van der Waals surface area contributed by atoms with Crippen molar-refractivity contribution in [3.63, 3.8) is 0 Å². The van der Waals surface area contributed by atoms with Crippen molar-refractivity contribution in [3.8, 4) is 0 Å². The quantitative estimate of drug-likeness (QED) is 0.310. The van der Waals surface area contributed by atoms with Gasteiger partial charge in [-0.3, -0.25) is 4.79 Å². The van der Waals surface area contributed by atoms with E-state index in [0.717, 1.165) is 25.7 Å². The third-order valence-electron chi connectivity index (χ3n) is 3.04. The molecule has 0 amide bonds. The molecule has 0 rings (SSSR count). The molecule has 0 unspecified atom stereocenters. The molecule has 0 heterocycles. The summed E-state index contributed by atoms with van der Waals surface area (Å²) in [6.45, 7) is 1.72. The minimum absolute atomic E-state index is 0.115. The summed E-state index contributed by atoms with van der Waals surface area (Å²) in [4.78, 5) is 11.3. The molecule has 0 aliphatic heterocycles. The monoisotopic (exact) mass is 286 g/mol. The van der Waals surface area contributed by atoms with Gasteiger partial charge < -0.3 is 14.9 Å². The molecule has 0 spiro atoms. The van der Waals surface area contributed by atoms with Gasteiger partial charge in [0.05, 0.1) is 6.61 Å². The molecular formula is C16H30O4. The zero-order valence-corrected chi connectivity index (χ0v) is 12.7. The van der Waals surface area contributed by atoms with Gasteiger partial charge >= 0.3 is 5.97 Å². The van der Waals surface area contributed by atoms with Gasteiger partial charge in [0, 0.05) is 6.42 Å². The summed E-state index contributed by atoms with van der Waals surface area (Å²) >= 11 is 0. The van der Waals surface area contributed by atoms with Crippen LogP contribution in [0.3, 0.4) is 0 Å². The minimum atomic E-state index is -0.961. The lowest BCUT2D eigenvalue weighted by Crippen LogP contribution is -2.21.